The minimum absolute atomic E-state index is 0.0104. The zero-order valence-electron chi connectivity index (χ0n) is 14.0. The number of amides is 2. The highest BCUT2D eigenvalue weighted by molar-refractivity contribution is 6.42. The van der Waals surface area contributed by atoms with Gasteiger partial charge in [0.25, 0.3) is 0 Å². The number of aliphatic hydroxyl groups excluding tert-OH is 1. The number of nitrogens with zero attached hydrogens (tertiary/aromatic N) is 3. The molecule has 1 aromatic carbocycles. The van der Waals surface area contributed by atoms with Crippen molar-refractivity contribution in [3.8, 4) is 0 Å². The molecule has 2 rings (SSSR count). The van der Waals surface area contributed by atoms with Gasteiger partial charge in [-0.3, -0.25) is 0 Å². The van der Waals surface area contributed by atoms with Crippen LogP contribution in [-0.4, -0.2) is 39.3 Å². The molecule has 2 amide bonds. The van der Waals surface area contributed by atoms with Gasteiger partial charge in [0, 0.05) is 19.7 Å². The average Bonchev–Trinajstić information content (AvgIpc) is 3.01. The molecule has 136 valence electrons. The molecule has 1 aromatic heterocycles. The van der Waals surface area contributed by atoms with Crippen molar-refractivity contribution in [3.05, 3.63) is 45.5 Å². The lowest BCUT2D eigenvalue weighted by Gasteiger charge is -2.24. The molecule has 0 spiro atoms. The second-order valence-electron chi connectivity index (χ2n) is 5.60. The van der Waals surface area contributed by atoms with E-state index in [-0.39, 0.29) is 12.6 Å². The van der Waals surface area contributed by atoms with Crippen LogP contribution in [0, 0.1) is 6.92 Å². The molecule has 9 heteroatoms. The summed E-state index contributed by atoms with van der Waals surface area (Å²) in [5.74, 6) is 0.839. The Morgan fingerprint density at radius 1 is 1.40 bits per heavy atom. The first kappa shape index (κ1) is 19.5. The Kier molecular flexibility index (Phi) is 7.04. The van der Waals surface area contributed by atoms with Crippen molar-refractivity contribution in [2.24, 2.45) is 0 Å². The smallest absolute Gasteiger partial charge is 0.318 e. The molecule has 1 heterocycles. The Morgan fingerprint density at radius 3 is 2.76 bits per heavy atom. The van der Waals surface area contributed by atoms with Gasteiger partial charge in [0.05, 0.1) is 10.0 Å². The Hall–Kier alpha value is -1.83. The Bertz CT molecular complexity index is 723. The van der Waals surface area contributed by atoms with Gasteiger partial charge in [-0.25, -0.2) is 4.79 Å². The number of hydrogen-bond acceptors (Lipinski definition) is 5. The fraction of sp³-hybridized carbons (Fsp3) is 0.438. The van der Waals surface area contributed by atoms with Gasteiger partial charge in [0.2, 0.25) is 5.89 Å². The largest absolute Gasteiger partial charge is 0.396 e. The summed E-state index contributed by atoms with van der Waals surface area (Å²) in [5.41, 5.74) is 0.837. The van der Waals surface area contributed by atoms with Crippen LogP contribution in [0.15, 0.2) is 22.7 Å². The predicted octanol–water partition coefficient (Wildman–Crippen LogP) is 3.34. The number of benzene rings is 1. The van der Waals surface area contributed by atoms with Gasteiger partial charge in [-0.2, -0.15) is 4.98 Å². The van der Waals surface area contributed by atoms with Gasteiger partial charge in [0.1, 0.15) is 6.04 Å². The molecular weight excluding hydrogens is 367 g/mol. The van der Waals surface area contributed by atoms with Crippen molar-refractivity contribution in [3.63, 3.8) is 0 Å². The molecule has 25 heavy (non-hydrogen) atoms. The molecule has 0 unspecified atom stereocenters. The highest BCUT2D eigenvalue weighted by atomic mass is 35.5. The normalized spacial score (nSPS) is 12.0. The number of nitrogens with one attached hydrogen (secondary N) is 1. The van der Waals surface area contributed by atoms with Crippen molar-refractivity contribution in [1.82, 2.24) is 20.4 Å². The number of carbonyl (C=O) groups excluding carboxylic acids is 1. The number of aryl methyl sites for hydroxylation is 1. The molecule has 1 atom stereocenters. The molecule has 0 aliphatic heterocycles. The van der Waals surface area contributed by atoms with Crippen LogP contribution in [0.5, 0.6) is 0 Å². The Balaban J connectivity index is 2.06. The van der Waals surface area contributed by atoms with Crippen LogP contribution >= 0.6 is 23.2 Å². The van der Waals surface area contributed by atoms with Crippen LogP contribution in [0.3, 0.4) is 0 Å². The highest BCUT2D eigenvalue weighted by Crippen LogP contribution is 2.23. The second-order valence-corrected chi connectivity index (χ2v) is 6.41. The zero-order chi connectivity index (χ0) is 18.4. The molecule has 2 N–H and O–H groups in total. The zero-order valence-corrected chi connectivity index (χ0v) is 15.5. The fourth-order valence-electron chi connectivity index (χ4n) is 2.20. The second kappa shape index (κ2) is 9.03. The van der Waals surface area contributed by atoms with E-state index in [9.17, 15) is 4.79 Å². The number of aliphatic hydroxyl groups is 1. The number of urea groups is 1. The summed E-state index contributed by atoms with van der Waals surface area (Å²) in [7, 11) is 0. The van der Waals surface area contributed by atoms with Crippen LogP contribution in [0.1, 0.15) is 36.7 Å². The number of hydrogen-bond donors (Lipinski definition) is 2. The predicted molar refractivity (Wildman–Crippen MR) is 94.6 cm³/mol. The SMILES string of the molecule is Cc1noc([C@@H](C)NC(=O)N(CCCO)Cc2ccc(Cl)c(Cl)c2)n1. The maximum absolute atomic E-state index is 12.6. The van der Waals surface area contributed by atoms with Crippen molar-refractivity contribution >= 4 is 29.2 Å². The maximum Gasteiger partial charge on any atom is 0.318 e. The lowest BCUT2D eigenvalue weighted by Crippen LogP contribution is -2.41. The van der Waals surface area contributed by atoms with Gasteiger partial charge >= 0.3 is 6.03 Å². The van der Waals surface area contributed by atoms with E-state index in [2.05, 4.69) is 15.5 Å². The van der Waals surface area contributed by atoms with E-state index < -0.39 is 6.04 Å². The maximum atomic E-state index is 12.6. The number of aromatic nitrogens is 2. The minimum Gasteiger partial charge on any atom is -0.396 e. The van der Waals surface area contributed by atoms with Crippen LogP contribution in [0.2, 0.25) is 10.0 Å². The van der Waals surface area contributed by atoms with E-state index in [1.807, 2.05) is 0 Å². The number of carbonyl (C=O) groups is 1. The van der Waals surface area contributed by atoms with Gasteiger partial charge in [-0.15, -0.1) is 0 Å². The average molecular weight is 387 g/mol. The molecular formula is C16H20Cl2N4O3. The monoisotopic (exact) mass is 386 g/mol. The molecule has 0 aliphatic carbocycles. The van der Waals surface area contributed by atoms with E-state index in [0.29, 0.717) is 41.3 Å². The van der Waals surface area contributed by atoms with Gasteiger partial charge in [-0.05, 0) is 38.0 Å². The molecule has 0 radical (unpaired) electrons. The Morgan fingerprint density at radius 2 is 2.16 bits per heavy atom. The number of halogens is 2. The van der Waals surface area contributed by atoms with E-state index in [0.717, 1.165) is 5.56 Å². The molecule has 2 aromatic rings. The first-order valence-corrected chi connectivity index (χ1v) is 8.56. The summed E-state index contributed by atoms with van der Waals surface area (Å²) in [6.07, 6.45) is 0.461. The molecule has 0 bridgehead atoms. The first-order chi connectivity index (χ1) is 11.9. The van der Waals surface area contributed by atoms with E-state index in [4.69, 9.17) is 32.8 Å². The summed E-state index contributed by atoms with van der Waals surface area (Å²) in [5, 5.41) is 16.5. The molecule has 0 fully saturated rings. The molecule has 0 saturated carbocycles. The summed E-state index contributed by atoms with van der Waals surface area (Å²) >= 11 is 12.0. The fourth-order valence-corrected chi connectivity index (χ4v) is 2.52. The Labute approximate surface area is 155 Å². The van der Waals surface area contributed by atoms with Gasteiger partial charge < -0.3 is 19.8 Å². The summed E-state index contributed by atoms with van der Waals surface area (Å²) in [6, 6.07) is 4.47. The first-order valence-electron chi connectivity index (χ1n) is 7.81. The number of rotatable bonds is 7. The van der Waals surface area contributed by atoms with Crippen molar-refractivity contribution in [2.45, 2.75) is 32.9 Å². The summed E-state index contributed by atoms with van der Waals surface area (Å²) < 4.78 is 5.07. The summed E-state index contributed by atoms with van der Waals surface area (Å²) in [4.78, 5) is 18.3. The molecule has 7 nitrogen and oxygen atoms in total. The van der Waals surface area contributed by atoms with E-state index >= 15 is 0 Å². The summed E-state index contributed by atoms with van der Waals surface area (Å²) in [6.45, 7) is 4.17. The minimum atomic E-state index is -0.431. The lowest BCUT2D eigenvalue weighted by molar-refractivity contribution is 0.181. The van der Waals surface area contributed by atoms with Crippen molar-refractivity contribution < 1.29 is 14.4 Å². The third-order valence-corrected chi connectivity index (χ3v) is 4.22. The third kappa shape index (κ3) is 5.59. The van der Waals surface area contributed by atoms with Gasteiger partial charge in [0.15, 0.2) is 5.82 Å². The standard InChI is InChI=1S/C16H20Cl2N4O3/c1-10(15-20-11(2)21-25-15)19-16(24)22(6-3-7-23)9-12-4-5-13(17)14(18)8-12/h4-5,8,10,23H,3,6-7,9H2,1-2H3,(H,19,24)/t10-/m1/s1. The van der Waals surface area contributed by atoms with Crippen molar-refractivity contribution in [1.29, 1.82) is 0 Å². The highest BCUT2D eigenvalue weighted by Gasteiger charge is 2.20. The van der Waals surface area contributed by atoms with Crippen LogP contribution < -0.4 is 5.32 Å². The van der Waals surface area contributed by atoms with E-state index in [1.54, 1.807) is 36.9 Å². The van der Waals surface area contributed by atoms with E-state index in [1.165, 1.54) is 0 Å². The van der Waals surface area contributed by atoms with Crippen LogP contribution in [0.4, 0.5) is 4.79 Å². The van der Waals surface area contributed by atoms with Crippen LogP contribution in [-0.2, 0) is 6.54 Å². The third-order valence-electron chi connectivity index (χ3n) is 3.48. The van der Waals surface area contributed by atoms with Crippen molar-refractivity contribution in [2.75, 3.05) is 13.2 Å². The topological polar surface area (TPSA) is 91.5 Å². The van der Waals surface area contributed by atoms with Gasteiger partial charge in [-0.1, -0.05) is 34.4 Å². The lowest BCUT2D eigenvalue weighted by atomic mass is 10.2. The quantitative estimate of drug-likeness (QED) is 0.760. The molecule has 0 saturated heterocycles. The molecule has 0 aliphatic rings. The van der Waals surface area contributed by atoms with Crippen LogP contribution in [0.25, 0.3) is 0 Å².